The maximum atomic E-state index is 13.4. The Morgan fingerprint density at radius 1 is 0.689 bits per heavy atom. The first-order valence-corrected chi connectivity index (χ1v) is 18.2. The molecule has 0 bridgehead atoms. The molecule has 2 aromatic carbocycles. The first-order chi connectivity index (χ1) is 21.3. The van der Waals surface area contributed by atoms with Crippen LogP contribution in [0.1, 0.15) is 80.7 Å². The molecule has 11 heteroatoms. The van der Waals surface area contributed by atoms with E-state index in [9.17, 15) is 9.59 Å². The van der Waals surface area contributed by atoms with E-state index in [1.54, 1.807) is 45.0 Å². The van der Waals surface area contributed by atoms with Crippen LogP contribution in [0.3, 0.4) is 0 Å². The molecule has 0 saturated carbocycles. The van der Waals surface area contributed by atoms with Gasteiger partial charge in [0.25, 0.3) is 8.32 Å². The molecule has 0 aliphatic rings. The van der Waals surface area contributed by atoms with E-state index < -0.39 is 20.3 Å². The van der Waals surface area contributed by atoms with Gasteiger partial charge in [-0.3, -0.25) is 0 Å². The molecule has 0 aliphatic carbocycles. The normalized spacial score (nSPS) is 12.0. The van der Waals surface area contributed by atoms with Crippen molar-refractivity contribution in [2.45, 2.75) is 80.1 Å². The van der Waals surface area contributed by atoms with Crippen molar-refractivity contribution in [2.75, 3.05) is 26.4 Å². The van der Waals surface area contributed by atoms with E-state index in [2.05, 4.69) is 33.9 Å². The predicted octanol–water partition coefficient (Wildman–Crippen LogP) is 8.60. The minimum Gasteiger partial charge on any atom is -0.541 e. The van der Waals surface area contributed by atoms with E-state index in [-0.39, 0.29) is 36.2 Å². The van der Waals surface area contributed by atoms with Crippen molar-refractivity contribution in [3.05, 3.63) is 46.9 Å². The summed E-state index contributed by atoms with van der Waals surface area (Å²) in [5.41, 5.74) is 1.44. The van der Waals surface area contributed by atoms with Crippen LogP contribution in [-0.2, 0) is 16.1 Å². The lowest BCUT2D eigenvalue weighted by atomic mass is 10.1. The highest BCUT2D eigenvalue weighted by atomic mass is 28.4. The molecule has 0 atom stereocenters. The standard InChI is InChI=1S/C34H44O10Si/c1-11-37-26-17-23-21(30(20(5)42-23)32(35)39-13-3)15-25(26)41-19-29-31(33(36)40-14-4)22-16-28(44-45(9,10)34(6,7)8)27(38-12-2)18-24(22)43-29/h15-18H,11-14,19H2,1-10H3. The first kappa shape index (κ1) is 33.8. The van der Waals surface area contributed by atoms with Gasteiger partial charge in [-0.05, 0) is 64.9 Å². The molecule has 4 aromatic rings. The third kappa shape index (κ3) is 6.93. The van der Waals surface area contributed by atoms with Crippen LogP contribution in [0.15, 0.2) is 33.1 Å². The maximum Gasteiger partial charge on any atom is 0.342 e. The first-order valence-electron chi connectivity index (χ1n) is 15.3. The molecule has 4 rings (SSSR count). The highest BCUT2D eigenvalue weighted by Gasteiger charge is 2.40. The van der Waals surface area contributed by atoms with Gasteiger partial charge in [-0.25, -0.2) is 9.59 Å². The van der Waals surface area contributed by atoms with E-state index in [4.69, 9.17) is 36.9 Å². The molecule has 2 heterocycles. The second-order valence-electron chi connectivity index (χ2n) is 12.0. The molecule has 0 saturated heterocycles. The lowest BCUT2D eigenvalue weighted by Crippen LogP contribution is -2.43. The predicted molar refractivity (Wildman–Crippen MR) is 174 cm³/mol. The summed E-state index contributed by atoms with van der Waals surface area (Å²) >= 11 is 0. The number of fused-ring (bicyclic) bond motifs is 2. The fraction of sp³-hybridized carbons (Fsp3) is 0.471. The van der Waals surface area contributed by atoms with Gasteiger partial charge in [-0.15, -0.1) is 0 Å². The van der Waals surface area contributed by atoms with Crippen LogP contribution < -0.4 is 18.6 Å². The summed E-state index contributed by atoms with van der Waals surface area (Å²) in [6.45, 7) is 20.7. The quantitative estimate of drug-likeness (QED) is 0.104. The Morgan fingerprint density at radius 3 is 1.73 bits per heavy atom. The molecule has 0 fully saturated rings. The Bertz CT molecular complexity index is 1690. The highest BCUT2D eigenvalue weighted by Crippen LogP contribution is 2.44. The second-order valence-corrected chi connectivity index (χ2v) is 16.7. The zero-order valence-corrected chi connectivity index (χ0v) is 28.9. The Kier molecular flexibility index (Phi) is 10.1. The summed E-state index contributed by atoms with van der Waals surface area (Å²) in [6, 6.07) is 6.88. The molecule has 0 radical (unpaired) electrons. The van der Waals surface area contributed by atoms with Gasteiger partial charge >= 0.3 is 11.9 Å². The van der Waals surface area contributed by atoms with Crippen LogP contribution in [0.5, 0.6) is 23.0 Å². The minimum atomic E-state index is -2.27. The van der Waals surface area contributed by atoms with E-state index in [1.807, 2.05) is 13.8 Å². The van der Waals surface area contributed by atoms with Crippen LogP contribution in [0.25, 0.3) is 21.9 Å². The zero-order chi connectivity index (χ0) is 33.1. The minimum absolute atomic E-state index is 0.0646. The topological polar surface area (TPSA) is 116 Å². The summed E-state index contributed by atoms with van der Waals surface area (Å²) in [4.78, 5) is 26.1. The third-order valence-electron chi connectivity index (χ3n) is 7.85. The van der Waals surface area contributed by atoms with Crippen molar-refractivity contribution in [2.24, 2.45) is 0 Å². The third-order valence-corrected chi connectivity index (χ3v) is 12.2. The summed E-state index contributed by atoms with van der Waals surface area (Å²) in [6.07, 6.45) is 0. The molecule has 0 N–H and O–H groups in total. The van der Waals surface area contributed by atoms with E-state index >= 15 is 0 Å². The van der Waals surface area contributed by atoms with Crippen LogP contribution in [0.4, 0.5) is 0 Å². The van der Waals surface area contributed by atoms with Gasteiger partial charge in [-0.1, -0.05) is 20.8 Å². The van der Waals surface area contributed by atoms with Crippen molar-refractivity contribution in [3.8, 4) is 23.0 Å². The van der Waals surface area contributed by atoms with Gasteiger partial charge in [0, 0.05) is 22.9 Å². The van der Waals surface area contributed by atoms with Crippen LogP contribution >= 0.6 is 0 Å². The number of esters is 2. The molecule has 0 spiro atoms. The fourth-order valence-electron chi connectivity index (χ4n) is 4.67. The summed E-state index contributed by atoms with van der Waals surface area (Å²) < 4.78 is 47.5. The van der Waals surface area contributed by atoms with Gasteiger partial charge in [-0.2, -0.15) is 0 Å². The smallest absolute Gasteiger partial charge is 0.342 e. The van der Waals surface area contributed by atoms with Crippen molar-refractivity contribution >= 4 is 42.2 Å². The number of ether oxygens (including phenoxy) is 5. The van der Waals surface area contributed by atoms with Gasteiger partial charge in [0.1, 0.15) is 40.4 Å². The SMILES string of the molecule is CCOC(=O)c1c(C)oc2cc(OCC)c(OCc3oc4cc(OCC)c(O[Si](C)(C)C(C)(C)C)cc4c3C(=O)OCC)cc12. The Hall–Kier alpha value is -4.12. The highest BCUT2D eigenvalue weighted by molar-refractivity contribution is 6.74. The molecular formula is C34H44O10Si. The lowest BCUT2D eigenvalue weighted by molar-refractivity contribution is 0.0514. The number of benzene rings is 2. The molecule has 2 aromatic heterocycles. The molecule has 0 amide bonds. The fourth-order valence-corrected chi connectivity index (χ4v) is 5.68. The Balaban J connectivity index is 1.82. The Labute approximate surface area is 265 Å². The van der Waals surface area contributed by atoms with Gasteiger partial charge in [0.15, 0.2) is 23.0 Å². The van der Waals surface area contributed by atoms with E-state index in [1.165, 1.54) is 0 Å². The van der Waals surface area contributed by atoms with Crippen molar-refractivity contribution in [1.29, 1.82) is 0 Å². The summed E-state index contributed by atoms with van der Waals surface area (Å²) in [7, 11) is -2.27. The Morgan fingerprint density at radius 2 is 1.18 bits per heavy atom. The molecule has 244 valence electrons. The average Bonchev–Trinajstić information content (AvgIpc) is 3.47. The largest absolute Gasteiger partial charge is 0.541 e. The van der Waals surface area contributed by atoms with Gasteiger partial charge < -0.3 is 36.9 Å². The van der Waals surface area contributed by atoms with Crippen molar-refractivity contribution < 1.29 is 46.5 Å². The monoisotopic (exact) mass is 640 g/mol. The van der Waals surface area contributed by atoms with E-state index in [0.29, 0.717) is 69.5 Å². The summed E-state index contributed by atoms with van der Waals surface area (Å²) in [5, 5.41) is 0.985. The lowest BCUT2D eigenvalue weighted by Gasteiger charge is -2.36. The number of carbonyl (C=O) groups excluding carboxylic acids is 2. The van der Waals surface area contributed by atoms with Crippen LogP contribution in [-0.4, -0.2) is 46.7 Å². The number of furan rings is 2. The molecule has 0 unspecified atom stereocenters. The van der Waals surface area contributed by atoms with Crippen molar-refractivity contribution in [1.82, 2.24) is 0 Å². The summed E-state index contributed by atoms with van der Waals surface area (Å²) in [5.74, 6) is 1.45. The number of aryl methyl sites for hydroxylation is 1. The van der Waals surface area contributed by atoms with E-state index in [0.717, 1.165) is 0 Å². The average molecular weight is 641 g/mol. The second kappa shape index (κ2) is 13.5. The van der Waals surface area contributed by atoms with Crippen LogP contribution in [0.2, 0.25) is 18.1 Å². The zero-order valence-electron chi connectivity index (χ0n) is 27.9. The van der Waals surface area contributed by atoms with Crippen LogP contribution in [0, 0.1) is 6.92 Å². The van der Waals surface area contributed by atoms with Gasteiger partial charge in [0.2, 0.25) is 0 Å². The maximum absolute atomic E-state index is 13.4. The number of hydrogen-bond donors (Lipinski definition) is 0. The molecule has 0 aliphatic heterocycles. The number of rotatable bonds is 13. The van der Waals surface area contributed by atoms with Crippen molar-refractivity contribution in [3.63, 3.8) is 0 Å². The molecular weight excluding hydrogens is 596 g/mol. The molecule has 10 nitrogen and oxygen atoms in total. The molecule has 45 heavy (non-hydrogen) atoms. The number of hydrogen-bond acceptors (Lipinski definition) is 10. The number of carbonyl (C=O) groups is 2. The van der Waals surface area contributed by atoms with Gasteiger partial charge in [0.05, 0.1) is 26.4 Å².